The zero-order valence-corrected chi connectivity index (χ0v) is 16.1. The lowest BCUT2D eigenvalue weighted by Crippen LogP contribution is -2.35. The van der Waals surface area contributed by atoms with E-state index in [1.165, 1.54) is 0 Å². The molecule has 0 radical (unpaired) electrons. The Morgan fingerprint density at radius 1 is 1.32 bits per heavy atom. The molecule has 1 amide bonds. The van der Waals surface area contributed by atoms with Crippen molar-refractivity contribution < 1.29 is 4.79 Å². The summed E-state index contributed by atoms with van der Waals surface area (Å²) in [4.78, 5) is 12.6. The largest absolute Gasteiger partial charge is 0.341 e. The van der Waals surface area contributed by atoms with Gasteiger partial charge in [-0.1, -0.05) is 33.3 Å². The van der Waals surface area contributed by atoms with Crippen molar-refractivity contribution >= 4 is 34.2 Å². The van der Waals surface area contributed by atoms with Crippen LogP contribution >= 0.6 is 28.3 Å². The number of rotatable bonds is 4. The number of piperidine rings is 1. The predicted molar refractivity (Wildman–Crippen MR) is 101 cm³/mol. The molecule has 8 heteroatoms. The highest BCUT2D eigenvalue weighted by atomic mass is 79.9. The Hall–Kier alpha value is -1.44. The molecular formula is C17H21BrClN5O. The van der Waals surface area contributed by atoms with E-state index in [0.717, 1.165) is 48.8 Å². The molecule has 2 N–H and O–H groups in total. The Labute approximate surface area is 161 Å². The van der Waals surface area contributed by atoms with Crippen LogP contribution in [0, 0.1) is 0 Å². The zero-order valence-electron chi connectivity index (χ0n) is 13.7. The molecule has 0 bridgehead atoms. The van der Waals surface area contributed by atoms with Crippen molar-refractivity contribution in [1.82, 2.24) is 25.6 Å². The van der Waals surface area contributed by atoms with Gasteiger partial charge < -0.3 is 10.6 Å². The van der Waals surface area contributed by atoms with E-state index in [-0.39, 0.29) is 23.9 Å². The number of nitrogens with zero attached hydrogens (tertiary/aromatic N) is 3. The molecule has 1 aliphatic heterocycles. The number of carbonyl (C=O) groups is 1. The van der Waals surface area contributed by atoms with E-state index in [9.17, 15) is 4.79 Å². The van der Waals surface area contributed by atoms with Crippen LogP contribution in [0.25, 0.3) is 0 Å². The lowest BCUT2D eigenvalue weighted by molar-refractivity contribution is 0.0925. The first-order valence-corrected chi connectivity index (χ1v) is 9.17. The van der Waals surface area contributed by atoms with E-state index in [4.69, 9.17) is 0 Å². The Bertz CT molecular complexity index is 755. The second kappa shape index (κ2) is 7.43. The summed E-state index contributed by atoms with van der Waals surface area (Å²) in [5.74, 6) is -0.146. The van der Waals surface area contributed by atoms with E-state index in [0.29, 0.717) is 11.7 Å². The van der Waals surface area contributed by atoms with E-state index in [1.807, 2.05) is 16.8 Å². The highest BCUT2D eigenvalue weighted by molar-refractivity contribution is 9.10. The van der Waals surface area contributed by atoms with Gasteiger partial charge in [0.15, 0.2) is 5.69 Å². The van der Waals surface area contributed by atoms with Crippen LogP contribution < -0.4 is 10.6 Å². The third kappa shape index (κ3) is 3.88. The number of hydrogen-bond donors (Lipinski definition) is 2. The van der Waals surface area contributed by atoms with Crippen LogP contribution in [0.15, 0.2) is 34.9 Å². The standard InChI is InChI=1S/C17H20BrN5O.ClH/c18-13-3-1-2-12(10-13)17(6-7-17)20-16(24)15-11-23(22-21-15)14-4-8-19-9-5-14;/h1-3,10-11,14,19H,4-9H2,(H,20,24);1H. The minimum Gasteiger partial charge on any atom is -0.341 e. The van der Waals surface area contributed by atoms with Gasteiger partial charge in [-0.05, 0) is 56.5 Å². The summed E-state index contributed by atoms with van der Waals surface area (Å²) in [5, 5.41) is 14.7. The van der Waals surface area contributed by atoms with Gasteiger partial charge in [0, 0.05) is 4.47 Å². The smallest absolute Gasteiger partial charge is 0.274 e. The molecule has 1 aromatic heterocycles. The molecule has 0 spiro atoms. The molecule has 25 heavy (non-hydrogen) atoms. The van der Waals surface area contributed by atoms with Crippen molar-refractivity contribution in [2.24, 2.45) is 0 Å². The maximum absolute atomic E-state index is 12.6. The molecule has 2 fully saturated rings. The predicted octanol–water partition coefficient (Wildman–Crippen LogP) is 2.81. The lowest BCUT2D eigenvalue weighted by atomic mass is 10.0. The highest BCUT2D eigenvalue weighted by Gasteiger charge is 2.46. The van der Waals surface area contributed by atoms with Crippen LogP contribution in [-0.2, 0) is 5.54 Å². The highest BCUT2D eigenvalue weighted by Crippen LogP contribution is 2.46. The Kier molecular flexibility index (Phi) is 5.46. The van der Waals surface area contributed by atoms with Gasteiger partial charge in [0.1, 0.15) is 0 Å². The van der Waals surface area contributed by atoms with Crippen LogP contribution in [0.4, 0.5) is 0 Å². The molecular weight excluding hydrogens is 406 g/mol. The van der Waals surface area contributed by atoms with Crippen molar-refractivity contribution in [2.75, 3.05) is 13.1 Å². The zero-order chi connectivity index (χ0) is 16.6. The normalized spacial score (nSPS) is 19.1. The molecule has 0 unspecified atom stereocenters. The minimum atomic E-state index is -0.251. The van der Waals surface area contributed by atoms with Crippen LogP contribution in [0.3, 0.4) is 0 Å². The van der Waals surface area contributed by atoms with Gasteiger partial charge in [-0.2, -0.15) is 0 Å². The van der Waals surface area contributed by atoms with Crippen molar-refractivity contribution in [3.05, 3.63) is 46.2 Å². The van der Waals surface area contributed by atoms with Crippen molar-refractivity contribution in [1.29, 1.82) is 0 Å². The van der Waals surface area contributed by atoms with Gasteiger partial charge >= 0.3 is 0 Å². The number of carbonyl (C=O) groups excluding carboxylic acids is 1. The van der Waals surface area contributed by atoms with Crippen LogP contribution in [0.2, 0.25) is 0 Å². The van der Waals surface area contributed by atoms with E-state index in [2.05, 4.69) is 49.0 Å². The summed E-state index contributed by atoms with van der Waals surface area (Å²) >= 11 is 3.50. The van der Waals surface area contributed by atoms with Gasteiger partial charge in [0.2, 0.25) is 0 Å². The minimum absolute atomic E-state index is 0. The number of aromatic nitrogens is 3. The average molecular weight is 427 g/mol. The van der Waals surface area contributed by atoms with Crippen LogP contribution in [0.5, 0.6) is 0 Å². The monoisotopic (exact) mass is 425 g/mol. The quantitative estimate of drug-likeness (QED) is 0.788. The summed E-state index contributed by atoms with van der Waals surface area (Å²) in [5.41, 5.74) is 1.28. The first-order valence-electron chi connectivity index (χ1n) is 8.37. The number of benzene rings is 1. The number of hydrogen-bond acceptors (Lipinski definition) is 4. The number of halogens is 2. The molecule has 2 aromatic rings. The molecule has 1 aromatic carbocycles. The third-order valence-electron chi connectivity index (χ3n) is 4.91. The van der Waals surface area contributed by atoms with Gasteiger partial charge in [-0.3, -0.25) is 4.79 Å². The first-order chi connectivity index (χ1) is 11.7. The Morgan fingerprint density at radius 2 is 2.08 bits per heavy atom. The molecule has 4 rings (SSSR count). The maximum Gasteiger partial charge on any atom is 0.274 e. The van der Waals surface area contributed by atoms with Gasteiger partial charge in [-0.15, -0.1) is 17.5 Å². The molecule has 1 saturated carbocycles. The van der Waals surface area contributed by atoms with Gasteiger partial charge in [0.25, 0.3) is 5.91 Å². The summed E-state index contributed by atoms with van der Waals surface area (Å²) in [7, 11) is 0. The van der Waals surface area contributed by atoms with Crippen molar-refractivity contribution in [3.8, 4) is 0 Å². The average Bonchev–Trinajstić information content (AvgIpc) is 3.21. The Morgan fingerprint density at radius 3 is 2.76 bits per heavy atom. The van der Waals surface area contributed by atoms with Gasteiger partial charge in [-0.25, -0.2) is 4.68 Å². The topological polar surface area (TPSA) is 71.8 Å². The molecule has 1 aliphatic carbocycles. The van der Waals surface area contributed by atoms with Gasteiger partial charge in [0.05, 0.1) is 17.8 Å². The fraction of sp³-hybridized carbons (Fsp3) is 0.471. The summed E-state index contributed by atoms with van der Waals surface area (Å²) in [6.07, 6.45) is 5.73. The fourth-order valence-electron chi connectivity index (χ4n) is 3.31. The number of nitrogens with one attached hydrogen (secondary N) is 2. The fourth-order valence-corrected chi connectivity index (χ4v) is 3.71. The van der Waals surface area contributed by atoms with Crippen molar-refractivity contribution in [3.63, 3.8) is 0 Å². The van der Waals surface area contributed by atoms with Crippen molar-refractivity contribution in [2.45, 2.75) is 37.3 Å². The third-order valence-corrected chi connectivity index (χ3v) is 5.40. The molecule has 1 saturated heterocycles. The lowest BCUT2D eigenvalue weighted by Gasteiger charge is -2.22. The second-order valence-electron chi connectivity index (χ2n) is 6.61. The first kappa shape index (κ1) is 18.4. The van der Waals surface area contributed by atoms with E-state index >= 15 is 0 Å². The summed E-state index contributed by atoms with van der Waals surface area (Å²) in [6.45, 7) is 1.97. The number of amides is 1. The maximum atomic E-state index is 12.6. The van der Waals surface area contributed by atoms with E-state index < -0.39 is 0 Å². The molecule has 6 nitrogen and oxygen atoms in total. The summed E-state index contributed by atoms with van der Waals surface area (Å²) in [6, 6.07) is 8.45. The SMILES string of the molecule is Cl.O=C(NC1(c2cccc(Br)c2)CC1)c1cn(C2CCNCC2)nn1. The molecule has 0 atom stereocenters. The molecule has 2 heterocycles. The second-order valence-corrected chi connectivity index (χ2v) is 7.53. The molecule has 134 valence electrons. The van der Waals surface area contributed by atoms with Crippen LogP contribution in [-0.4, -0.2) is 34.0 Å². The van der Waals surface area contributed by atoms with E-state index in [1.54, 1.807) is 6.20 Å². The summed E-state index contributed by atoms with van der Waals surface area (Å²) < 4.78 is 2.87. The molecule has 2 aliphatic rings. The Balaban J connectivity index is 0.00000182. The van der Waals surface area contributed by atoms with Crippen LogP contribution in [0.1, 0.15) is 47.8 Å².